The first-order valence-corrected chi connectivity index (χ1v) is 9.62. The highest BCUT2D eigenvalue weighted by Crippen LogP contribution is 2.37. The van der Waals surface area contributed by atoms with Crippen molar-refractivity contribution in [2.45, 2.75) is 57.1 Å². The van der Waals surface area contributed by atoms with Gasteiger partial charge in [0.1, 0.15) is 5.82 Å². The first-order chi connectivity index (χ1) is 11.4. The molecule has 0 saturated heterocycles. The van der Waals surface area contributed by atoms with E-state index in [1.165, 1.54) is 5.56 Å². The average Bonchev–Trinajstić information content (AvgIpc) is 3.11. The van der Waals surface area contributed by atoms with Crippen molar-refractivity contribution in [3.63, 3.8) is 0 Å². The van der Waals surface area contributed by atoms with Crippen molar-refractivity contribution in [2.24, 2.45) is 0 Å². The van der Waals surface area contributed by atoms with Crippen LogP contribution in [0, 0.1) is 0 Å². The molecule has 1 atom stereocenters. The molecule has 1 amide bonds. The number of fused-ring (bicyclic) bond motifs is 1. The molecule has 0 unspecified atom stereocenters. The van der Waals surface area contributed by atoms with Crippen LogP contribution in [0.4, 0.5) is 5.82 Å². The lowest BCUT2D eigenvalue weighted by Gasteiger charge is -2.24. The number of hydrogen-bond donors (Lipinski definition) is 1. The minimum Gasteiger partial charge on any atom is -0.310 e. The van der Waals surface area contributed by atoms with Gasteiger partial charge in [-0.1, -0.05) is 37.3 Å². The van der Waals surface area contributed by atoms with E-state index in [-0.39, 0.29) is 17.4 Å². The van der Waals surface area contributed by atoms with Gasteiger partial charge in [0.15, 0.2) is 0 Å². The summed E-state index contributed by atoms with van der Waals surface area (Å²) in [4.78, 5) is 13.0. The summed E-state index contributed by atoms with van der Waals surface area (Å²) >= 11 is 1.85. The van der Waals surface area contributed by atoms with E-state index >= 15 is 0 Å². The van der Waals surface area contributed by atoms with Crippen LogP contribution in [0.15, 0.2) is 30.3 Å². The molecule has 1 aliphatic rings. The first-order valence-electron chi connectivity index (χ1n) is 8.46. The van der Waals surface area contributed by atoms with E-state index < -0.39 is 0 Å². The predicted molar refractivity (Wildman–Crippen MR) is 100 cm³/mol. The van der Waals surface area contributed by atoms with Crippen LogP contribution in [0.1, 0.15) is 56.9 Å². The summed E-state index contributed by atoms with van der Waals surface area (Å²) in [6.45, 7) is 8.41. The van der Waals surface area contributed by atoms with E-state index in [2.05, 4.69) is 33.0 Å². The normalized spacial score (nSPS) is 15.2. The van der Waals surface area contributed by atoms with Crippen molar-refractivity contribution in [1.82, 2.24) is 9.78 Å². The molecular formula is C19H25N3OS. The number of rotatable bonds is 4. The van der Waals surface area contributed by atoms with Gasteiger partial charge in [0.2, 0.25) is 5.91 Å². The molecule has 5 heteroatoms. The van der Waals surface area contributed by atoms with Gasteiger partial charge in [-0.05, 0) is 32.8 Å². The van der Waals surface area contributed by atoms with E-state index in [1.54, 1.807) is 0 Å². The Balaban J connectivity index is 1.92. The van der Waals surface area contributed by atoms with Crippen LogP contribution >= 0.6 is 11.8 Å². The number of nitrogens with one attached hydrogen (secondary N) is 1. The second-order valence-electron chi connectivity index (χ2n) is 7.21. The smallest absolute Gasteiger partial charge is 0.233 e. The average molecular weight is 343 g/mol. The number of nitrogens with zero attached hydrogens (tertiary/aromatic N) is 2. The lowest BCUT2D eigenvalue weighted by Crippen LogP contribution is -2.29. The fraction of sp³-hybridized carbons (Fsp3) is 0.474. The highest BCUT2D eigenvalue weighted by atomic mass is 32.2. The van der Waals surface area contributed by atoms with Crippen LogP contribution in [0.2, 0.25) is 0 Å². The molecule has 0 bridgehead atoms. The summed E-state index contributed by atoms with van der Waals surface area (Å²) in [5.74, 6) is 2.63. The van der Waals surface area contributed by atoms with Crippen LogP contribution in [0.25, 0.3) is 0 Å². The molecule has 3 rings (SSSR count). The van der Waals surface area contributed by atoms with E-state index in [9.17, 15) is 4.79 Å². The number of carbonyl (C=O) groups excluding carboxylic acids is 1. The van der Waals surface area contributed by atoms with Gasteiger partial charge in [-0.25, -0.2) is 4.68 Å². The molecule has 2 heterocycles. The minimum absolute atomic E-state index is 0.0498. The molecule has 2 aromatic rings. The zero-order valence-electron chi connectivity index (χ0n) is 14.8. The number of anilines is 1. The van der Waals surface area contributed by atoms with Crippen LogP contribution in [-0.4, -0.2) is 15.7 Å². The zero-order valence-corrected chi connectivity index (χ0v) is 15.6. The van der Waals surface area contributed by atoms with E-state index in [1.807, 2.05) is 46.8 Å². The third-order valence-electron chi connectivity index (χ3n) is 4.36. The predicted octanol–water partition coefficient (Wildman–Crippen LogP) is 4.52. The molecule has 0 saturated carbocycles. The molecule has 0 radical (unpaired) electrons. The lowest BCUT2D eigenvalue weighted by molar-refractivity contribution is -0.117. The Morgan fingerprint density at radius 3 is 2.62 bits per heavy atom. The first kappa shape index (κ1) is 17.1. The standard InChI is InChI=1S/C19H25N3OS/c1-5-14(13-9-7-6-8-10-13)18(23)20-17-15-11-24-12-16(15)21-22(17)19(2,3)4/h6-10,14H,5,11-12H2,1-4H3,(H,20,23)/t14-/m0/s1. The highest BCUT2D eigenvalue weighted by molar-refractivity contribution is 7.98. The third kappa shape index (κ3) is 3.22. The van der Waals surface area contributed by atoms with Gasteiger partial charge in [-0.2, -0.15) is 16.9 Å². The number of aromatic nitrogens is 2. The Morgan fingerprint density at radius 1 is 1.29 bits per heavy atom. The van der Waals surface area contributed by atoms with Gasteiger partial charge in [-0.3, -0.25) is 4.79 Å². The number of benzene rings is 1. The number of amides is 1. The quantitative estimate of drug-likeness (QED) is 0.888. The number of hydrogen-bond acceptors (Lipinski definition) is 3. The monoisotopic (exact) mass is 343 g/mol. The molecule has 24 heavy (non-hydrogen) atoms. The molecule has 128 valence electrons. The van der Waals surface area contributed by atoms with Crippen LogP contribution in [-0.2, 0) is 21.8 Å². The molecule has 4 nitrogen and oxygen atoms in total. The van der Waals surface area contributed by atoms with E-state index in [0.717, 1.165) is 35.0 Å². The summed E-state index contributed by atoms with van der Waals surface area (Å²) < 4.78 is 1.98. The van der Waals surface area contributed by atoms with Crippen molar-refractivity contribution >= 4 is 23.5 Å². The van der Waals surface area contributed by atoms with E-state index in [0.29, 0.717) is 0 Å². The molecule has 1 N–H and O–H groups in total. The summed E-state index contributed by atoms with van der Waals surface area (Å²) in [7, 11) is 0. The van der Waals surface area contributed by atoms with Crippen LogP contribution in [0.3, 0.4) is 0 Å². The fourth-order valence-corrected chi connectivity index (χ4v) is 4.12. The Bertz CT molecular complexity index is 731. The lowest BCUT2D eigenvalue weighted by atomic mass is 9.95. The van der Waals surface area contributed by atoms with Crippen LogP contribution < -0.4 is 5.32 Å². The summed E-state index contributed by atoms with van der Waals surface area (Å²) in [5.41, 5.74) is 3.20. The Kier molecular flexibility index (Phi) is 4.72. The second-order valence-corrected chi connectivity index (χ2v) is 8.20. The maximum Gasteiger partial charge on any atom is 0.233 e. The fourth-order valence-electron chi connectivity index (χ4n) is 3.09. The Labute approximate surface area is 148 Å². The number of thioether (sulfide) groups is 1. The molecule has 0 fully saturated rings. The molecule has 0 aliphatic carbocycles. The molecule has 1 aliphatic heterocycles. The number of carbonyl (C=O) groups is 1. The summed E-state index contributed by atoms with van der Waals surface area (Å²) in [6, 6.07) is 10.00. The molecule has 0 spiro atoms. The van der Waals surface area contributed by atoms with Gasteiger partial charge < -0.3 is 5.32 Å². The van der Waals surface area contributed by atoms with Crippen molar-refractivity contribution in [3.05, 3.63) is 47.2 Å². The van der Waals surface area contributed by atoms with Crippen molar-refractivity contribution < 1.29 is 4.79 Å². The van der Waals surface area contributed by atoms with Gasteiger partial charge in [0.25, 0.3) is 0 Å². The summed E-state index contributed by atoms with van der Waals surface area (Å²) in [5, 5.41) is 7.95. The van der Waals surface area contributed by atoms with Crippen LogP contribution in [0.5, 0.6) is 0 Å². The topological polar surface area (TPSA) is 46.9 Å². The van der Waals surface area contributed by atoms with Gasteiger partial charge >= 0.3 is 0 Å². The SMILES string of the molecule is CC[C@H](C(=O)Nc1c2c(nn1C(C)(C)C)CSC2)c1ccccc1. The largest absolute Gasteiger partial charge is 0.310 e. The van der Waals surface area contributed by atoms with Gasteiger partial charge in [-0.15, -0.1) is 0 Å². The maximum absolute atomic E-state index is 13.0. The minimum atomic E-state index is -0.161. The Hall–Kier alpha value is -1.75. The van der Waals surface area contributed by atoms with Gasteiger partial charge in [0, 0.05) is 17.1 Å². The molecular weight excluding hydrogens is 318 g/mol. The van der Waals surface area contributed by atoms with Gasteiger partial charge in [0.05, 0.1) is 17.2 Å². The highest BCUT2D eigenvalue weighted by Gasteiger charge is 2.30. The zero-order chi connectivity index (χ0) is 17.3. The summed E-state index contributed by atoms with van der Waals surface area (Å²) in [6.07, 6.45) is 0.774. The van der Waals surface area contributed by atoms with Crippen molar-refractivity contribution in [3.8, 4) is 0 Å². The van der Waals surface area contributed by atoms with E-state index in [4.69, 9.17) is 5.10 Å². The van der Waals surface area contributed by atoms with Crippen molar-refractivity contribution in [2.75, 3.05) is 5.32 Å². The second kappa shape index (κ2) is 6.63. The molecule has 1 aromatic carbocycles. The third-order valence-corrected chi connectivity index (χ3v) is 5.33. The Morgan fingerprint density at radius 2 is 2.00 bits per heavy atom. The maximum atomic E-state index is 13.0. The van der Waals surface area contributed by atoms with Crippen molar-refractivity contribution in [1.29, 1.82) is 0 Å². The molecule has 1 aromatic heterocycles.